The van der Waals surface area contributed by atoms with Crippen LogP contribution in [0, 0.1) is 0 Å². The average Bonchev–Trinajstić information content (AvgIpc) is 3.28. The molecule has 156 valence electrons. The SMILES string of the molecule is CCCC(=O)N1CCC2(C1)Cn1c(nn(CCCOc3ccccc3)c1=O)CO2. The molecule has 29 heavy (non-hydrogen) atoms. The van der Waals surface area contributed by atoms with Crippen molar-refractivity contribution in [3.05, 3.63) is 46.6 Å². The average molecular weight is 400 g/mol. The van der Waals surface area contributed by atoms with Gasteiger partial charge in [0.05, 0.1) is 19.7 Å². The number of hydrogen-bond acceptors (Lipinski definition) is 5. The number of nitrogens with zero attached hydrogens (tertiary/aromatic N) is 4. The zero-order valence-corrected chi connectivity index (χ0v) is 16.9. The van der Waals surface area contributed by atoms with Crippen LogP contribution < -0.4 is 10.4 Å². The Labute approximate surface area is 170 Å². The zero-order chi connectivity index (χ0) is 20.3. The third-order valence-corrected chi connectivity index (χ3v) is 5.61. The number of carbonyl (C=O) groups excluding carboxylic acids is 1. The predicted molar refractivity (Wildman–Crippen MR) is 107 cm³/mol. The van der Waals surface area contributed by atoms with Crippen LogP contribution in [0.15, 0.2) is 35.1 Å². The third kappa shape index (κ3) is 4.22. The number of fused-ring (bicyclic) bond motifs is 1. The molecule has 1 aromatic heterocycles. The maximum atomic E-state index is 12.8. The van der Waals surface area contributed by atoms with Gasteiger partial charge in [0.2, 0.25) is 5.91 Å². The minimum atomic E-state index is -0.468. The highest BCUT2D eigenvalue weighted by atomic mass is 16.5. The van der Waals surface area contributed by atoms with Gasteiger partial charge >= 0.3 is 5.69 Å². The number of hydrogen-bond donors (Lipinski definition) is 0. The summed E-state index contributed by atoms with van der Waals surface area (Å²) < 4.78 is 15.0. The first-order valence-corrected chi connectivity index (χ1v) is 10.4. The monoisotopic (exact) mass is 400 g/mol. The van der Waals surface area contributed by atoms with Gasteiger partial charge in [0.25, 0.3) is 0 Å². The summed E-state index contributed by atoms with van der Waals surface area (Å²) in [6.45, 7) is 5.02. The molecule has 1 atom stereocenters. The molecule has 1 unspecified atom stereocenters. The molecule has 0 N–H and O–H groups in total. The number of aromatic nitrogens is 3. The Morgan fingerprint density at radius 3 is 2.90 bits per heavy atom. The van der Waals surface area contributed by atoms with E-state index in [1.54, 1.807) is 4.57 Å². The van der Waals surface area contributed by atoms with E-state index in [9.17, 15) is 9.59 Å². The van der Waals surface area contributed by atoms with Crippen molar-refractivity contribution in [1.29, 1.82) is 0 Å². The van der Waals surface area contributed by atoms with Crippen LogP contribution in [-0.2, 0) is 29.2 Å². The van der Waals surface area contributed by atoms with E-state index in [0.717, 1.165) is 18.6 Å². The minimum absolute atomic E-state index is 0.110. The molecule has 1 fully saturated rings. The van der Waals surface area contributed by atoms with Gasteiger partial charge < -0.3 is 14.4 Å². The highest BCUT2D eigenvalue weighted by Crippen LogP contribution is 2.31. The number of para-hydroxylation sites is 1. The molecule has 2 aliphatic rings. The van der Waals surface area contributed by atoms with Crippen LogP contribution in [0.5, 0.6) is 5.75 Å². The van der Waals surface area contributed by atoms with Gasteiger partial charge in [-0.2, -0.15) is 5.10 Å². The second-order valence-electron chi connectivity index (χ2n) is 7.81. The molecule has 3 heterocycles. The first-order valence-electron chi connectivity index (χ1n) is 10.4. The van der Waals surface area contributed by atoms with Crippen molar-refractivity contribution in [2.24, 2.45) is 0 Å². The van der Waals surface area contributed by atoms with Crippen LogP contribution in [0.1, 0.15) is 38.4 Å². The standard InChI is InChI=1S/C21H28N4O4/c1-2-7-19(26)23-12-10-21(15-23)16-24-18(14-29-21)22-25(20(24)27)11-6-13-28-17-8-4-3-5-9-17/h3-5,8-9H,2,6-7,10-16H2,1H3. The molecule has 0 saturated carbocycles. The summed E-state index contributed by atoms with van der Waals surface area (Å²) in [6, 6.07) is 9.63. The Kier molecular flexibility index (Phi) is 5.71. The molecule has 1 amide bonds. The summed E-state index contributed by atoms with van der Waals surface area (Å²) in [5, 5.41) is 4.44. The second kappa shape index (κ2) is 8.41. The molecule has 0 radical (unpaired) electrons. The fourth-order valence-electron chi connectivity index (χ4n) is 4.05. The van der Waals surface area contributed by atoms with Crippen LogP contribution in [0.3, 0.4) is 0 Å². The first kappa shape index (κ1) is 19.7. The maximum absolute atomic E-state index is 12.8. The Morgan fingerprint density at radius 2 is 2.10 bits per heavy atom. The van der Waals surface area contributed by atoms with Crippen LogP contribution in [-0.4, -0.2) is 50.5 Å². The number of carbonyl (C=O) groups is 1. The molecule has 4 rings (SSSR count). The van der Waals surface area contributed by atoms with Gasteiger partial charge in [0.15, 0.2) is 5.82 Å². The Hall–Kier alpha value is -2.61. The number of benzene rings is 1. The normalized spacial score (nSPS) is 20.8. The van der Waals surface area contributed by atoms with Crippen molar-refractivity contribution in [2.75, 3.05) is 19.7 Å². The van der Waals surface area contributed by atoms with Gasteiger partial charge in [-0.05, 0) is 25.0 Å². The topological polar surface area (TPSA) is 78.6 Å². The summed E-state index contributed by atoms with van der Waals surface area (Å²) in [7, 11) is 0. The molecule has 1 saturated heterocycles. The highest BCUT2D eigenvalue weighted by molar-refractivity contribution is 5.76. The Balaban J connectivity index is 1.35. The second-order valence-corrected chi connectivity index (χ2v) is 7.81. The largest absolute Gasteiger partial charge is 0.494 e. The quantitative estimate of drug-likeness (QED) is 0.663. The van der Waals surface area contributed by atoms with Crippen LogP contribution >= 0.6 is 0 Å². The van der Waals surface area contributed by atoms with Crippen molar-refractivity contribution in [3.8, 4) is 5.75 Å². The third-order valence-electron chi connectivity index (χ3n) is 5.61. The number of rotatable bonds is 7. The van der Waals surface area contributed by atoms with Crippen molar-refractivity contribution in [1.82, 2.24) is 19.2 Å². The lowest BCUT2D eigenvalue weighted by Gasteiger charge is -2.33. The van der Waals surface area contributed by atoms with E-state index in [1.807, 2.05) is 42.2 Å². The number of likely N-dealkylation sites (tertiary alicyclic amines) is 1. The van der Waals surface area contributed by atoms with E-state index in [4.69, 9.17) is 9.47 Å². The fourth-order valence-corrected chi connectivity index (χ4v) is 4.05. The van der Waals surface area contributed by atoms with Gasteiger partial charge in [-0.15, -0.1) is 0 Å². The smallest absolute Gasteiger partial charge is 0.346 e. The molecular weight excluding hydrogens is 372 g/mol. The van der Waals surface area contributed by atoms with Crippen molar-refractivity contribution < 1.29 is 14.3 Å². The Morgan fingerprint density at radius 1 is 1.28 bits per heavy atom. The molecule has 2 aliphatic heterocycles. The van der Waals surface area contributed by atoms with Crippen molar-refractivity contribution in [2.45, 2.75) is 57.9 Å². The summed E-state index contributed by atoms with van der Waals surface area (Å²) >= 11 is 0. The van der Waals surface area contributed by atoms with E-state index in [1.165, 1.54) is 4.68 Å². The van der Waals surface area contributed by atoms with Crippen LogP contribution in [0.2, 0.25) is 0 Å². The lowest BCUT2D eigenvalue weighted by Crippen LogP contribution is -2.47. The van der Waals surface area contributed by atoms with Gasteiger partial charge in [-0.3, -0.25) is 9.36 Å². The van der Waals surface area contributed by atoms with Gasteiger partial charge in [-0.1, -0.05) is 25.1 Å². The van der Waals surface area contributed by atoms with Gasteiger partial charge in [-0.25, -0.2) is 9.48 Å². The molecule has 0 bridgehead atoms. The predicted octanol–water partition coefficient (Wildman–Crippen LogP) is 1.82. The maximum Gasteiger partial charge on any atom is 0.346 e. The summed E-state index contributed by atoms with van der Waals surface area (Å²) in [6.07, 6.45) is 2.85. The van der Waals surface area contributed by atoms with Crippen LogP contribution in [0.25, 0.3) is 0 Å². The lowest BCUT2D eigenvalue weighted by molar-refractivity contribution is -0.133. The molecule has 8 heteroatoms. The van der Waals surface area contributed by atoms with E-state index in [-0.39, 0.29) is 11.6 Å². The minimum Gasteiger partial charge on any atom is -0.494 e. The van der Waals surface area contributed by atoms with Crippen molar-refractivity contribution in [3.63, 3.8) is 0 Å². The van der Waals surface area contributed by atoms with E-state index in [2.05, 4.69) is 5.10 Å². The van der Waals surface area contributed by atoms with E-state index < -0.39 is 5.60 Å². The van der Waals surface area contributed by atoms with Gasteiger partial charge in [0.1, 0.15) is 18.0 Å². The molecule has 2 aromatic rings. The van der Waals surface area contributed by atoms with E-state index in [0.29, 0.717) is 58.1 Å². The molecule has 1 aromatic carbocycles. The zero-order valence-electron chi connectivity index (χ0n) is 16.9. The first-order chi connectivity index (χ1) is 14.1. The molecule has 8 nitrogen and oxygen atoms in total. The highest BCUT2D eigenvalue weighted by Gasteiger charge is 2.44. The number of ether oxygens (including phenoxy) is 2. The number of aryl methyl sites for hydroxylation is 1. The molecular formula is C21H28N4O4. The fraction of sp³-hybridized carbons (Fsp3) is 0.571. The van der Waals surface area contributed by atoms with Gasteiger partial charge in [0, 0.05) is 25.9 Å². The number of amides is 1. The van der Waals surface area contributed by atoms with E-state index >= 15 is 0 Å². The van der Waals surface area contributed by atoms with Crippen molar-refractivity contribution >= 4 is 5.91 Å². The Bertz CT molecular complexity index is 907. The summed E-state index contributed by atoms with van der Waals surface area (Å²) in [5.74, 6) is 1.64. The lowest BCUT2D eigenvalue weighted by atomic mass is 10.0. The summed E-state index contributed by atoms with van der Waals surface area (Å²) in [4.78, 5) is 26.9. The van der Waals surface area contributed by atoms with Crippen LogP contribution in [0.4, 0.5) is 0 Å². The molecule has 0 aliphatic carbocycles. The summed E-state index contributed by atoms with van der Waals surface area (Å²) in [5.41, 5.74) is -0.578. The molecule has 1 spiro atoms.